The molecule has 9 aromatic rings. The number of benzene rings is 6. The Morgan fingerprint density at radius 3 is 1.93 bits per heavy atom. The summed E-state index contributed by atoms with van der Waals surface area (Å²) in [4.78, 5) is 0. The summed E-state index contributed by atoms with van der Waals surface area (Å²) in [6.07, 6.45) is 0. The van der Waals surface area contributed by atoms with Gasteiger partial charge in [-0.2, -0.15) is 10.5 Å². The van der Waals surface area contributed by atoms with E-state index in [0.29, 0.717) is 11.1 Å². The predicted octanol–water partition coefficient (Wildman–Crippen LogP) is 10.2. The van der Waals surface area contributed by atoms with Crippen molar-refractivity contribution in [3.63, 3.8) is 0 Å². The normalized spacial score (nSPS) is 13.6. The van der Waals surface area contributed by atoms with E-state index in [1.54, 1.807) is 0 Å². The molecule has 0 saturated carbocycles. The highest BCUT2D eigenvalue weighted by atomic mass is 16.3. The number of nitriles is 2. The van der Waals surface area contributed by atoms with Crippen LogP contribution in [-0.4, -0.2) is 9.13 Å². The molecule has 10 rings (SSSR count). The third-order valence-electron chi connectivity index (χ3n) is 10.2. The van der Waals surface area contributed by atoms with E-state index in [4.69, 9.17) is 4.42 Å². The van der Waals surface area contributed by atoms with Gasteiger partial charge < -0.3 is 13.6 Å². The van der Waals surface area contributed by atoms with Gasteiger partial charge in [0.25, 0.3) is 0 Å². The molecule has 0 atom stereocenters. The van der Waals surface area contributed by atoms with Crippen LogP contribution in [0.2, 0.25) is 0 Å². The summed E-state index contributed by atoms with van der Waals surface area (Å²) in [5, 5.41) is 26.5. The van der Waals surface area contributed by atoms with E-state index >= 15 is 0 Å². The number of rotatable bonds is 1. The van der Waals surface area contributed by atoms with Crippen molar-refractivity contribution in [3.8, 4) is 23.5 Å². The molecule has 0 unspecified atom stereocenters. The summed E-state index contributed by atoms with van der Waals surface area (Å²) >= 11 is 0. The average molecular weight is 589 g/mol. The second-order valence-electron chi connectivity index (χ2n) is 12.8. The summed E-state index contributed by atoms with van der Waals surface area (Å²) in [7, 11) is 0. The Hall–Kier alpha value is -6.30. The highest BCUT2D eigenvalue weighted by Crippen LogP contribution is 2.52. The van der Waals surface area contributed by atoms with Crippen LogP contribution in [0.3, 0.4) is 0 Å². The van der Waals surface area contributed by atoms with Gasteiger partial charge in [0.15, 0.2) is 0 Å². The summed E-state index contributed by atoms with van der Waals surface area (Å²) < 4.78 is 11.7. The van der Waals surface area contributed by atoms with Gasteiger partial charge in [-0.1, -0.05) is 68.4 Å². The third kappa shape index (κ3) is 2.88. The van der Waals surface area contributed by atoms with Crippen LogP contribution in [0.25, 0.3) is 76.9 Å². The van der Waals surface area contributed by atoms with E-state index in [9.17, 15) is 10.5 Å². The van der Waals surface area contributed by atoms with Crippen molar-refractivity contribution in [2.45, 2.75) is 19.3 Å². The fraction of sp³-hybridized carbons (Fsp3) is 0.0732. The molecule has 0 amide bonds. The molecule has 5 heteroatoms. The zero-order chi connectivity index (χ0) is 30.9. The van der Waals surface area contributed by atoms with Gasteiger partial charge in [0.2, 0.25) is 0 Å². The van der Waals surface area contributed by atoms with Crippen LogP contribution in [0, 0.1) is 22.7 Å². The molecule has 0 radical (unpaired) electrons. The molecule has 0 saturated heterocycles. The van der Waals surface area contributed by atoms with Crippen LogP contribution >= 0.6 is 0 Å². The molecular weight excluding hydrogens is 564 g/mol. The van der Waals surface area contributed by atoms with Crippen molar-refractivity contribution in [1.29, 1.82) is 10.5 Å². The van der Waals surface area contributed by atoms with Crippen molar-refractivity contribution < 1.29 is 4.42 Å². The molecule has 1 aliphatic heterocycles. The van der Waals surface area contributed by atoms with Crippen LogP contribution < -0.4 is 0 Å². The quantitative estimate of drug-likeness (QED) is 0.192. The molecule has 214 valence electrons. The van der Waals surface area contributed by atoms with Crippen LogP contribution in [0.15, 0.2) is 114 Å². The number of fused-ring (bicyclic) bond motifs is 13. The van der Waals surface area contributed by atoms with Crippen LogP contribution in [0.5, 0.6) is 0 Å². The SMILES string of the molecule is CC1(C)c2cc(C#N)c(C#N)cc2-n2c3ccccc3c3c4oc5c(ccc6c5c5ccccc5n6-c5ccccc5)c4cc1c32. The predicted molar refractivity (Wildman–Crippen MR) is 184 cm³/mol. The second-order valence-corrected chi connectivity index (χ2v) is 12.8. The van der Waals surface area contributed by atoms with E-state index in [1.165, 1.54) is 5.56 Å². The maximum atomic E-state index is 9.97. The minimum Gasteiger partial charge on any atom is -0.455 e. The summed E-state index contributed by atoms with van der Waals surface area (Å²) in [5.74, 6) is 0. The molecule has 0 aliphatic carbocycles. The smallest absolute Gasteiger partial charge is 0.145 e. The first-order valence-corrected chi connectivity index (χ1v) is 15.4. The zero-order valence-electron chi connectivity index (χ0n) is 25.1. The third-order valence-corrected chi connectivity index (χ3v) is 10.2. The van der Waals surface area contributed by atoms with E-state index in [0.717, 1.165) is 82.5 Å². The van der Waals surface area contributed by atoms with Gasteiger partial charge in [-0.3, -0.25) is 0 Å². The van der Waals surface area contributed by atoms with Gasteiger partial charge in [-0.15, -0.1) is 0 Å². The first kappa shape index (κ1) is 25.1. The summed E-state index contributed by atoms with van der Waals surface area (Å²) in [5.41, 5.74) is 10.7. The lowest BCUT2D eigenvalue weighted by Crippen LogP contribution is -2.26. The van der Waals surface area contributed by atoms with Crippen molar-refractivity contribution >= 4 is 65.6 Å². The molecule has 1 aliphatic rings. The second kappa shape index (κ2) is 8.45. The molecule has 0 N–H and O–H groups in total. The fourth-order valence-corrected chi connectivity index (χ4v) is 8.08. The number of nitrogens with zero attached hydrogens (tertiary/aromatic N) is 4. The van der Waals surface area contributed by atoms with E-state index < -0.39 is 5.41 Å². The number of hydrogen-bond acceptors (Lipinski definition) is 3. The largest absolute Gasteiger partial charge is 0.455 e. The molecule has 5 nitrogen and oxygen atoms in total. The minimum atomic E-state index is -0.442. The topological polar surface area (TPSA) is 70.6 Å². The lowest BCUT2D eigenvalue weighted by molar-refractivity contribution is 0.629. The molecule has 46 heavy (non-hydrogen) atoms. The first-order chi connectivity index (χ1) is 22.5. The van der Waals surface area contributed by atoms with E-state index in [2.05, 4.69) is 126 Å². The van der Waals surface area contributed by atoms with Crippen LogP contribution in [0.4, 0.5) is 0 Å². The van der Waals surface area contributed by atoms with Gasteiger partial charge in [0, 0.05) is 32.6 Å². The maximum absolute atomic E-state index is 9.97. The van der Waals surface area contributed by atoms with Gasteiger partial charge in [0.05, 0.1) is 49.7 Å². The van der Waals surface area contributed by atoms with Crippen LogP contribution in [-0.2, 0) is 5.41 Å². The van der Waals surface area contributed by atoms with Crippen molar-refractivity contribution in [1.82, 2.24) is 9.13 Å². The highest BCUT2D eigenvalue weighted by Gasteiger charge is 2.38. The van der Waals surface area contributed by atoms with E-state index in [-0.39, 0.29) is 0 Å². The fourth-order valence-electron chi connectivity index (χ4n) is 8.08. The van der Waals surface area contributed by atoms with Crippen molar-refractivity contribution in [2.75, 3.05) is 0 Å². The van der Waals surface area contributed by atoms with E-state index in [1.807, 2.05) is 18.2 Å². The van der Waals surface area contributed by atoms with Gasteiger partial charge in [0.1, 0.15) is 23.3 Å². The number of aromatic nitrogens is 2. The maximum Gasteiger partial charge on any atom is 0.145 e. The Kier molecular flexibility index (Phi) is 4.60. The molecular formula is C41H24N4O. The van der Waals surface area contributed by atoms with Gasteiger partial charge in [-0.25, -0.2) is 0 Å². The average Bonchev–Trinajstić information content (AvgIpc) is 3.75. The lowest BCUT2D eigenvalue weighted by atomic mass is 9.73. The number of para-hydroxylation sites is 3. The molecule has 6 aromatic carbocycles. The Balaban J connectivity index is 1.42. The van der Waals surface area contributed by atoms with Gasteiger partial charge >= 0.3 is 0 Å². The first-order valence-electron chi connectivity index (χ1n) is 15.4. The molecule has 4 heterocycles. The minimum absolute atomic E-state index is 0.383. The Bertz CT molecular complexity index is 2900. The van der Waals surface area contributed by atoms with Crippen molar-refractivity contribution in [2.24, 2.45) is 0 Å². The number of furan rings is 1. The highest BCUT2D eigenvalue weighted by molar-refractivity contribution is 6.29. The molecule has 0 fully saturated rings. The standard InChI is InChI=1S/C41H24N4O/c1-41(2)30-18-23(21-42)24(22-43)19-35(30)45-33-15-9-7-13-28(33)37-38(45)31(41)20-29-26-16-17-34-36(39(26)46-40(29)37)27-12-6-8-14-32(27)44(34)25-10-4-3-5-11-25/h3-20H,1-2H3. The monoisotopic (exact) mass is 588 g/mol. The summed E-state index contributed by atoms with van der Waals surface area (Å²) in [6, 6.07) is 42.5. The summed E-state index contributed by atoms with van der Waals surface area (Å²) in [6.45, 7) is 4.43. The number of hydrogen-bond donors (Lipinski definition) is 0. The Morgan fingerprint density at radius 2 is 1.20 bits per heavy atom. The molecule has 0 spiro atoms. The Morgan fingerprint density at radius 1 is 0.565 bits per heavy atom. The van der Waals surface area contributed by atoms with Crippen molar-refractivity contribution in [3.05, 3.63) is 131 Å². The molecule has 3 aromatic heterocycles. The Labute approximate surface area is 263 Å². The zero-order valence-corrected chi connectivity index (χ0v) is 25.1. The van der Waals surface area contributed by atoms with Crippen LogP contribution in [0.1, 0.15) is 36.1 Å². The van der Waals surface area contributed by atoms with Gasteiger partial charge in [-0.05, 0) is 65.7 Å². The lowest BCUT2D eigenvalue weighted by Gasteiger charge is -2.35. The molecule has 0 bridgehead atoms.